The zero-order valence-corrected chi connectivity index (χ0v) is 10.3. The average molecular weight is 295 g/mol. The van der Waals surface area contributed by atoms with Crippen LogP contribution in [0.15, 0.2) is 30.6 Å². The number of hydrazine groups is 1. The second-order valence-corrected chi connectivity index (χ2v) is 3.81. The predicted molar refractivity (Wildman–Crippen MR) is 66.1 cm³/mol. The first-order valence-corrected chi connectivity index (χ1v) is 5.52. The van der Waals surface area contributed by atoms with Crippen molar-refractivity contribution in [2.75, 3.05) is 5.43 Å². The summed E-state index contributed by atoms with van der Waals surface area (Å²) in [6, 6.07) is 5.85. The summed E-state index contributed by atoms with van der Waals surface area (Å²) in [5.74, 6) is 4.73. The number of aromatic nitrogens is 2. The first-order chi connectivity index (χ1) is 9.94. The van der Waals surface area contributed by atoms with Crippen LogP contribution in [0.25, 0.3) is 0 Å². The van der Waals surface area contributed by atoms with Crippen LogP contribution in [0.5, 0.6) is 11.6 Å². The highest BCUT2D eigenvalue weighted by Crippen LogP contribution is 2.38. The van der Waals surface area contributed by atoms with Gasteiger partial charge in [-0.25, -0.2) is 15.8 Å². The molecule has 0 atom stereocenters. The SMILES string of the molecule is N#Cc1ccc(Oc2cc(NN)ncn2)c(C(F)(F)F)c1. The number of halogens is 3. The number of alkyl halides is 3. The van der Waals surface area contributed by atoms with Gasteiger partial charge in [-0.2, -0.15) is 18.4 Å². The Morgan fingerprint density at radius 2 is 2.00 bits per heavy atom. The van der Waals surface area contributed by atoms with Crippen molar-refractivity contribution in [1.82, 2.24) is 9.97 Å². The van der Waals surface area contributed by atoms with E-state index < -0.39 is 17.5 Å². The van der Waals surface area contributed by atoms with Crippen molar-refractivity contribution in [3.05, 3.63) is 41.7 Å². The number of nitrogen functional groups attached to an aromatic ring is 1. The van der Waals surface area contributed by atoms with Gasteiger partial charge in [0.1, 0.15) is 17.9 Å². The monoisotopic (exact) mass is 295 g/mol. The van der Waals surface area contributed by atoms with Crippen molar-refractivity contribution in [3.8, 4) is 17.7 Å². The maximum absolute atomic E-state index is 13.0. The van der Waals surface area contributed by atoms with Crippen LogP contribution < -0.4 is 16.0 Å². The summed E-state index contributed by atoms with van der Waals surface area (Å²) in [6.07, 6.45) is -3.58. The highest BCUT2D eigenvalue weighted by molar-refractivity contribution is 5.46. The zero-order valence-electron chi connectivity index (χ0n) is 10.3. The molecule has 9 heteroatoms. The molecule has 1 aromatic carbocycles. The lowest BCUT2D eigenvalue weighted by Gasteiger charge is -2.13. The van der Waals surface area contributed by atoms with Crippen LogP contribution in [0.2, 0.25) is 0 Å². The molecule has 6 nitrogen and oxygen atoms in total. The van der Waals surface area contributed by atoms with Gasteiger partial charge in [-0.3, -0.25) is 0 Å². The topological polar surface area (TPSA) is 96.8 Å². The van der Waals surface area contributed by atoms with Gasteiger partial charge in [-0.05, 0) is 18.2 Å². The average Bonchev–Trinajstić information content (AvgIpc) is 2.46. The third kappa shape index (κ3) is 3.37. The van der Waals surface area contributed by atoms with Crippen molar-refractivity contribution in [1.29, 1.82) is 5.26 Å². The maximum atomic E-state index is 13.0. The van der Waals surface area contributed by atoms with Gasteiger partial charge in [0, 0.05) is 6.07 Å². The largest absolute Gasteiger partial charge is 0.438 e. The standard InChI is InChI=1S/C12H8F3N5O/c13-12(14,15)8-3-7(5-16)1-2-9(8)21-11-4-10(20-17)18-6-19-11/h1-4,6H,17H2,(H,18,19,20). The van der Waals surface area contributed by atoms with Gasteiger partial charge in [0.2, 0.25) is 5.88 Å². The van der Waals surface area contributed by atoms with E-state index in [1.807, 2.05) is 0 Å². The molecule has 1 heterocycles. The molecule has 0 bridgehead atoms. The number of benzene rings is 1. The summed E-state index contributed by atoms with van der Waals surface area (Å²) >= 11 is 0. The van der Waals surface area contributed by atoms with Crippen molar-refractivity contribution in [2.24, 2.45) is 5.84 Å². The fraction of sp³-hybridized carbons (Fsp3) is 0.0833. The molecule has 21 heavy (non-hydrogen) atoms. The summed E-state index contributed by atoms with van der Waals surface area (Å²) in [4.78, 5) is 7.39. The van der Waals surface area contributed by atoms with E-state index in [1.54, 1.807) is 6.07 Å². The molecular weight excluding hydrogens is 287 g/mol. The molecule has 0 unspecified atom stereocenters. The lowest BCUT2D eigenvalue weighted by atomic mass is 10.1. The molecule has 2 rings (SSSR count). The molecule has 0 spiro atoms. The third-order valence-corrected chi connectivity index (χ3v) is 2.42. The Kier molecular flexibility index (Phi) is 3.91. The molecule has 108 valence electrons. The van der Waals surface area contributed by atoms with Crippen LogP contribution in [0.1, 0.15) is 11.1 Å². The number of ether oxygens (including phenoxy) is 1. The van der Waals surface area contributed by atoms with Crippen LogP contribution in [-0.4, -0.2) is 9.97 Å². The number of hydrogen-bond donors (Lipinski definition) is 2. The number of nitrogens with zero attached hydrogens (tertiary/aromatic N) is 3. The second-order valence-electron chi connectivity index (χ2n) is 3.81. The van der Waals surface area contributed by atoms with E-state index >= 15 is 0 Å². The summed E-state index contributed by atoms with van der Waals surface area (Å²) < 4.78 is 44.0. The Hall–Kier alpha value is -2.86. The minimum absolute atomic E-state index is 0.117. The smallest absolute Gasteiger partial charge is 0.420 e. The van der Waals surface area contributed by atoms with E-state index in [2.05, 4.69) is 15.4 Å². The van der Waals surface area contributed by atoms with E-state index in [1.165, 1.54) is 12.1 Å². The van der Waals surface area contributed by atoms with Gasteiger partial charge >= 0.3 is 6.18 Å². The molecular formula is C12H8F3N5O. The van der Waals surface area contributed by atoms with Gasteiger partial charge in [0.15, 0.2) is 0 Å². The van der Waals surface area contributed by atoms with Gasteiger partial charge in [0.05, 0.1) is 17.2 Å². The summed E-state index contributed by atoms with van der Waals surface area (Å²) in [5, 5.41) is 8.68. The second kappa shape index (κ2) is 5.64. The number of nitrogens with two attached hydrogens (primary N) is 1. The van der Waals surface area contributed by atoms with Crippen molar-refractivity contribution < 1.29 is 17.9 Å². The first kappa shape index (κ1) is 14.5. The van der Waals surface area contributed by atoms with E-state index in [4.69, 9.17) is 15.8 Å². The van der Waals surface area contributed by atoms with Crippen LogP contribution in [-0.2, 0) is 6.18 Å². The summed E-state index contributed by atoms with van der Waals surface area (Å²) in [7, 11) is 0. The Bertz CT molecular complexity index is 696. The van der Waals surface area contributed by atoms with Gasteiger partial charge in [-0.1, -0.05) is 0 Å². The minimum atomic E-state index is -4.66. The molecule has 1 aromatic heterocycles. The Labute approximate surface area is 117 Å². The molecule has 0 aliphatic heterocycles. The minimum Gasteiger partial charge on any atom is -0.438 e. The maximum Gasteiger partial charge on any atom is 0.420 e. The van der Waals surface area contributed by atoms with Crippen LogP contribution in [0.3, 0.4) is 0 Å². The van der Waals surface area contributed by atoms with Crippen LogP contribution >= 0.6 is 0 Å². The molecule has 2 aromatic rings. The van der Waals surface area contributed by atoms with Crippen molar-refractivity contribution >= 4 is 5.82 Å². The zero-order chi connectivity index (χ0) is 15.5. The van der Waals surface area contributed by atoms with Crippen LogP contribution in [0, 0.1) is 11.3 Å². The summed E-state index contributed by atoms with van der Waals surface area (Å²) in [6.45, 7) is 0. The molecule has 0 aliphatic rings. The van der Waals surface area contributed by atoms with Gasteiger partial charge in [0.25, 0.3) is 0 Å². The Morgan fingerprint density at radius 3 is 2.62 bits per heavy atom. The predicted octanol–water partition coefficient (Wildman–Crippen LogP) is 2.44. The summed E-state index contributed by atoms with van der Waals surface area (Å²) in [5.41, 5.74) is 1.03. The fourth-order valence-electron chi connectivity index (χ4n) is 1.50. The lowest BCUT2D eigenvalue weighted by Crippen LogP contribution is -2.10. The quantitative estimate of drug-likeness (QED) is 0.667. The molecule has 0 saturated carbocycles. The molecule has 3 N–H and O–H groups in total. The van der Waals surface area contributed by atoms with Crippen LogP contribution in [0.4, 0.5) is 19.0 Å². The third-order valence-electron chi connectivity index (χ3n) is 2.42. The van der Waals surface area contributed by atoms with Crippen molar-refractivity contribution in [2.45, 2.75) is 6.18 Å². The lowest BCUT2D eigenvalue weighted by molar-refractivity contribution is -0.138. The molecule has 0 fully saturated rings. The Balaban J connectivity index is 2.42. The number of anilines is 1. The van der Waals surface area contributed by atoms with E-state index in [9.17, 15) is 13.2 Å². The number of rotatable bonds is 3. The molecule has 0 aliphatic carbocycles. The number of hydrogen-bond acceptors (Lipinski definition) is 6. The van der Waals surface area contributed by atoms with E-state index in [0.717, 1.165) is 12.4 Å². The highest BCUT2D eigenvalue weighted by atomic mass is 19.4. The van der Waals surface area contributed by atoms with Gasteiger partial charge < -0.3 is 10.2 Å². The highest BCUT2D eigenvalue weighted by Gasteiger charge is 2.35. The van der Waals surface area contributed by atoms with Gasteiger partial charge in [-0.15, -0.1) is 0 Å². The van der Waals surface area contributed by atoms with E-state index in [-0.39, 0.29) is 17.3 Å². The number of nitrogens with one attached hydrogen (secondary N) is 1. The molecule has 0 amide bonds. The van der Waals surface area contributed by atoms with Crippen molar-refractivity contribution in [3.63, 3.8) is 0 Å². The molecule has 0 radical (unpaired) electrons. The normalized spacial score (nSPS) is 10.8. The number of nitriles is 1. The Morgan fingerprint density at radius 1 is 1.24 bits per heavy atom. The molecule has 0 saturated heterocycles. The van der Waals surface area contributed by atoms with E-state index in [0.29, 0.717) is 6.07 Å². The first-order valence-electron chi connectivity index (χ1n) is 5.52. The fourth-order valence-corrected chi connectivity index (χ4v) is 1.50.